The summed E-state index contributed by atoms with van der Waals surface area (Å²) in [7, 11) is 1.72. The second-order valence-corrected chi connectivity index (χ2v) is 5.73. The Balaban J connectivity index is 1.95. The predicted molar refractivity (Wildman–Crippen MR) is 86.2 cm³/mol. The number of carbonyl (C=O) groups is 1. The smallest absolute Gasteiger partial charge is 0.269 e. The summed E-state index contributed by atoms with van der Waals surface area (Å²) in [6, 6.07) is 0. The number of aromatic nitrogens is 4. The number of nitrogens with one attached hydrogen (secondary N) is 1. The van der Waals surface area contributed by atoms with Gasteiger partial charge in [-0.25, -0.2) is 14.4 Å². The summed E-state index contributed by atoms with van der Waals surface area (Å²) in [5.41, 5.74) is 4.71. The molecule has 24 heavy (non-hydrogen) atoms. The summed E-state index contributed by atoms with van der Waals surface area (Å²) < 4.78 is 14.6. The molecule has 3 heterocycles. The maximum absolute atomic E-state index is 14.6. The third-order valence-corrected chi connectivity index (χ3v) is 3.92. The van der Waals surface area contributed by atoms with E-state index in [2.05, 4.69) is 25.3 Å². The van der Waals surface area contributed by atoms with E-state index < -0.39 is 11.6 Å². The molecule has 1 saturated heterocycles. The van der Waals surface area contributed by atoms with E-state index in [1.165, 1.54) is 24.8 Å². The Hall–Kier alpha value is -2.68. The standard InChI is InChI=1S/C15H18FN7O/c1-18-8-15(16)2-5-23(9-15)11-7-21-13(14(17)24)12(22-11)10-6-19-3-4-20-10/h3-4,6-7,18H,2,5,8-9H2,1H3,(H2,17,24). The molecule has 1 aliphatic heterocycles. The van der Waals surface area contributed by atoms with Gasteiger partial charge in [0.05, 0.1) is 18.9 Å². The number of primary amides is 1. The molecule has 0 aromatic carbocycles. The highest BCUT2D eigenvalue weighted by Gasteiger charge is 2.38. The Kier molecular flexibility index (Phi) is 4.34. The molecule has 1 fully saturated rings. The minimum atomic E-state index is -1.31. The van der Waals surface area contributed by atoms with Gasteiger partial charge in [0.2, 0.25) is 0 Å². The third kappa shape index (κ3) is 3.16. The highest BCUT2D eigenvalue weighted by atomic mass is 19.1. The first-order chi connectivity index (χ1) is 11.5. The van der Waals surface area contributed by atoms with Gasteiger partial charge in [-0.2, -0.15) is 0 Å². The van der Waals surface area contributed by atoms with E-state index in [1.54, 1.807) is 11.9 Å². The molecule has 8 nitrogen and oxygen atoms in total. The van der Waals surface area contributed by atoms with E-state index in [1.807, 2.05) is 0 Å². The molecular formula is C15H18FN7O. The quantitative estimate of drug-likeness (QED) is 0.803. The minimum Gasteiger partial charge on any atom is -0.364 e. The number of nitrogens with two attached hydrogens (primary N) is 1. The van der Waals surface area contributed by atoms with Crippen molar-refractivity contribution in [2.45, 2.75) is 12.1 Å². The van der Waals surface area contributed by atoms with Crippen LogP contribution in [0.2, 0.25) is 0 Å². The van der Waals surface area contributed by atoms with Crippen LogP contribution in [-0.4, -0.2) is 58.2 Å². The van der Waals surface area contributed by atoms with Crippen molar-refractivity contribution in [1.29, 1.82) is 0 Å². The van der Waals surface area contributed by atoms with Crippen LogP contribution in [0.3, 0.4) is 0 Å². The van der Waals surface area contributed by atoms with Crippen LogP contribution in [0, 0.1) is 0 Å². The topological polar surface area (TPSA) is 110 Å². The number of alkyl halides is 1. The van der Waals surface area contributed by atoms with Gasteiger partial charge in [-0.05, 0) is 7.05 Å². The summed E-state index contributed by atoms with van der Waals surface area (Å²) in [5.74, 6) is -0.220. The fraction of sp³-hybridized carbons (Fsp3) is 0.400. The lowest BCUT2D eigenvalue weighted by Crippen LogP contribution is -2.38. The van der Waals surface area contributed by atoms with Gasteiger partial charge in [-0.3, -0.25) is 14.8 Å². The van der Waals surface area contributed by atoms with Gasteiger partial charge in [0.15, 0.2) is 5.69 Å². The summed E-state index contributed by atoms with van der Waals surface area (Å²) in [4.78, 5) is 30.1. The number of halogens is 1. The highest BCUT2D eigenvalue weighted by Crippen LogP contribution is 2.29. The van der Waals surface area contributed by atoms with E-state index in [9.17, 15) is 9.18 Å². The zero-order chi connectivity index (χ0) is 17.2. The molecule has 2 aromatic heterocycles. The van der Waals surface area contributed by atoms with Crippen molar-refractivity contribution in [1.82, 2.24) is 25.3 Å². The summed E-state index contributed by atoms with van der Waals surface area (Å²) in [6.45, 7) is 0.994. The Morgan fingerprint density at radius 3 is 2.92 bits per heavy atom. The van der Waals surface area contributed by atoms with Crippen LogP contribution < -0.4 is 16.0 Å². The number of hydrogen-bond acceptors (Lipinski definition) is 7. The van der Waals surface area contributed by atoms with Crippen LogP contribution in [0.5, 0.6) is 0 Å². The Labute approximate surface area is 138 Å². The minimum absolute atomic E-state index is 0.0141. The van der Waals surface area contributed by atoms with E-state index in [-0.39, 0.29) is 24.5 Å². The Bertz CT molecular complexity index is 742. The fourth-order valence-corrected chi connectivity index (χ4v) is 2.80. The summed E-state index contributed by atoms with van der Waals surface area (Å²) in [5, 5.41) is 2.87. The molecule has 0 radical (unpaired) electrons. The molecule has 0 aliphatic carbocycles. The van der Waals surface area contributed by atoms with Gasteiger partial charge < -0.3 is 16.0 Å². The number of rotatable bonds is 5. The molecule has 1 atom stereocenters. The van der Waals surface area contributed by atoms with Gasteiger partial charge in [0.25, 0.3) is 5.91 Å². The van der Waals surface area contributed by atoms with Crippen LogP contribution in [0.4, 0.5) is 10.2 Å². The highest BCUT2D eigenvalue weighted by molar-refractivity contribution is 5.96. The third-order valence-electron chi connectivity index (χ3n) is 3.92. The molecular weight excluding hydrogens is 313 g/mol. The Morgan fingerprint density at radius 2 is 2.25 bits per heavy atom. The average Bonchev–Trinajstić information content (AvgIpc) is 2.97. The number of amides is 1. The van der Waals surface area contributed by atoms with Gasteiger partial charge >= 0.3 is 0 Å². The predicted octanol–water partition coefficient (Wildman–Crippen LogP) is 0.170. The molecule has 0 spiro atoms. The molecule has 3 N–H and O–H groups in total. The normalized spacial score (nSPS) is 20.3. The molecule has 3 rings (SSSR count). The second kappa shape index (κ2) is 6.44. The first-order valence-corrected chi connectivity index (χ1v) is 7.54. The second-order valence-electron chi connectivity index (χ2n) is 5.73. The van der Waals surface area contributed by atoms with Crippen molar-refractivity contribution in [3.05, 3.63) is 30.5 Å². The number of nitrogens with zero attached hydrogens (tertiary/aromatic N) is 5. The van der Waals surface area contributed by atoms with Crippen LogP contribution in [-0.2, 0) is 0 Å². The van der Waals surface area contributed by atoms with Crippen molar-refractivity contribution in [3.63, 3.8) is 0 Å². The number of carbonyl (C=O) groups excluding carboxylic acids is 1. The van der Waals surface area contributed by atoms with Crippen molar-refractivity contribution in [3.8, 4) is 11.4 Å². The molecule has 126 valence electrons. The van der Waals surface area contributed by atoms with E-state index in [0.29, 0.717) is 24.5 Å². The van der Waals surface area contributed by atoms with E-state index in [0.717, 1.165) is 0 Å². The van der Waals surface area contributed by atoms with Crippen LogP contribution in [0.25, 0.3) is 11.4 Å². The molecule has 0 bridgehead atoms. The molecule has 1 unspecified atom stereocenters. The van der Waals surface area contributed by atoms with Crippen molar-refractivity contribution in [2.75, 3.05) is 31.6 Å². The number of anilines is 1. The lowest BCUT2D eigenvalue weighted by Gasteiger charge is -2.21. The maximum Gasteiger partial charge on any atom is 0.269 e. The number of hydrogen-bond donors (Lipinski definition) is 2. The molecule has 1 aliphatic rings. The van der Waals surface area contributed by atoms with Gasteiger partial charge in [0, 0.05) is 31.9 Å². The first kappa shape index (κ1) is 16.2. The first-order valence-electron chi connectivity index (χ1n) is 7.54. The monoisotopic (exact) mass is 331 g/mol. The Morgan fingerprint density at radius 1 is 1.42 bits per heavy atom. The van der Waals surface area contributed by atoms with Gasteiger partial charge in [-0.15, -0.1) is 0 Å². The molecule has 9 heteroatoms. The fourth-order valence-electron chi connectivity index (χ4n) is 2.80. The lowest BCUT2D eigenvalue weighted by atomic mass is 10.1. The molecule has 2 aromatic rings. The van der Waals surface area contributed by atoms with Crippen LogP contribution in [0.15, 0.2) is 24.8 Å². The average molecular weight is 331 g/mol. The van der Waals surface area contributed by atoms with Crippen molar-refractivity contribution >= 4 is 11.7 Å². The zero-order valence-corrected chi connectivity index (χ0v) is 13.2. The summed E-state index contributed by atoms with van der Waals surface area (Å²) in [6.07, 6.45) is 6.31. The maximum atomic E-state index is 14.6. The van der Waals surface area contributed by atoms with E-state index >= 15 is 0 Å². The van der Waals surface area contributed by atoms with Gasteiger partial charge in [-0.1, -0.05) is 0 Å². The lowest BCUT2D eigenvalue weighted by molar-refractivity contribution is 0.0996. The van der Waals surface area contributed by atoms with Crippen LogP contribution >= 0.6 is 0 Å². The van der Waals surface area contributed by atoms with Crippen LogP contribution in [0.1, 0.15) is 16.9 Å². The SMILES string of the molecule is CNCC1(F)CCN(c2cnc(C(N)=O)c(-c3cnccn3)n2)C1. The van der Waals surface area contributed by atoms with Crippen molar-refractivity contribution < 1.29 is 9.18 Å². The van der Waals surface area contributed by atoms with Gasteiger partial charge in [0.1, 0.15) is 22.9 Å². The van der Waals surface area contributed by atoms with E-state index in [4.69, 9.17) is 5.73 Å². The van der Waals surface area contributed by atoms with Crippen molar-refractivity contribution in [2.24, 2.45) is 5.73 Å². The molecule has 1 amide bonds. The largest absolute Gasteiger partial charge is 0.364 e. The molecule has 0 saturated carbocycles. The summed E-state index contributed by atoms with van der Waals surface area (Å²) >= 11 is 0. The zero-order valence-electron chi connectivity index (χ0n) is 13.2.